The zero-order valence-corrected chi connectivity index (χ0v) is 59.2. The molecule has 0 aliphatic carbocycles. The molecule has 0 saturated carbocycles. The molecule has 16 aromatic rings. The van der Waals surface area contributed by atoms with Gasteiger partial charge in [0.2, 0.25) is 0 Å². The van der Waals surface area contributed by atoms with Gasteiger partial charge in [-0.25, -0.2) is 29.9 Å². The number of fused-ring (bicyclic) bond motifs is 2. The van der Waals surface area contributed by atoms with Gasteiger partial charge >= 0.3 is 40.5 Å². The zero-order chi connectivity index (χ0) is 78.2. The van der Waals surface area contributed by atoms with Gasteiger partial charge in [-0.05, 0) is 85.2 Å². The third kappa shape index (κ3) is 15.9. The fourth-order valence-corrected chi connectivity index (χ4v) is 13.2. The van der Waals surface area contributed by atoms with Crippen LogP contribution in [0.5, 0.6) is 5.75 Å². The molecule has 2 N–H and O–H groups in total. The van der Waals surface area contributed by atoms with E-state index in [1.54, 1.807) is 72.9 Å². The third-order valence-electron chi connectivity index (χ3n) is 18.0. The van der Waals surface area contributed by atoms with Crippen LogP contribution in [0.15, 0.2) is 340 Å². The summed E-state index contributed by atoms with van der Waals surface area (Å²) < 4.78 is 152. The Morgan fingerprint density at radius 2 is 0.607 bits per heavy atom. The average Bonchev–Trinajstić information content (AvgIpc) is 0.719. The number of halogens is 9. The van der Waals surface area contributed by atoms with Gasteiger partial charge in [0.05, 0.1) is 11.4 Å². The topological polar surface area (TPSA) is 187 Å². The van der Waals surface area contributed by atoms with Gasteiger partial charge in [0.1, 0.15) is 0 Å². The van der Waals surface area contributed by atoms with Crippen molar-refractivity contribution in [2.45, 2.75) is 23.3 Å². The van der Waals surface area contributed by atoms with Crippen molar-refractivity contribution in [2.75, 3.05) is 0 Å². The van der Waals surface area contributed by atoms with E-state index in [2.05, 4.69) is 114 Å². The maximum atomic E-state index is 14.6. The first-order valence-electron chi connectivity index (χ1n) is 34.5. The Morgan fingerprint density at radius 3 is 0.982 bits per heavy atom. The summed E-state index contributed by atoms with van der Waals surface area (Å²) in [4.78, 5) is 37.2. The molecule has 4 heterocycles. The second kappa shape index (κ2) is 32.0. The first-order chi connectivity index (χ1) is 54.0. The summed E-state index contributed by atoms with van der Waals surface area (Å²) in [6, 6.07) is 101. The van der Waals surface area contributed by atoms with Crippen molar-refractivity contribution in [1.82, 2.24) is 39.9 Å². The molecule has 112 heavy (non-hydrogen) atoms. The number of hydrogen-bond donors (Lipinski definition) is 2. The second-order valence-corrected chi connectivity index (χ2v) is 26.9. The van der Waals surface area contributed by atoms with Crippen LogP contribution in [0.3, 0.4) is 0 Å². The highest BCUT2D eigenvalue weighted by molar-refractivity contribution is 7.88. The minimum atomic E-state index is -7.46. The Hall–Kier alpha value is -13.4. The van der Waals surface area contributed by atoms with Crippen molar-refractivity contribution in [1.29, 1.82) is 0 Å². The Labute approximate surface area is 636 Å². The van der Waals surface area contributed by atoms with Gasteiger partial charge in [-0.2, -0.15) is 47.9 Å². The summed E-state index contributed by atoms with van der Waals surface area (Å²) in [5.41, 5.74) is 13.4. The fraction of sp³-hybridized carbons (Fsp3) is 0.0455. The van der Waals surface area contributed by atoms with Crippen LogP contribution in [0.2, 0.25) is 0 Å². The van der Waals surface area contributed by atoms with Crippen molar-refractivity contribution < 1.29 is 62.2 Å². The summed E-state index contributed by atoms with van der Waals surface area (Å²) in [7, 11) is -8.63. The average molecular weight is 1520 g/mol. The van der Waals surface area contributed by atoms with Gasteiger partial charge < -0.3 is 14.2 Å². The molecule has 0 aliphatic rings. The van der Waals surface area contributed by atoms with Crippen LogP contribution >= 0.6 is 0 Å². The first kappa shape index (κ1) is 75.4. The van der Waals surface area contributed by atoms with Crippen molar-refractivity contribution in [3.63, 3.8) is 0 Å². The molecule has 24 heteroatoms. The van der Waals surface area contributed by atoms with Crippen LogP contribution in [-0.2, 0) is 10.1 Å². The van der Waals surface area contributed by atoms with E-state index < -0.39 is 46.3 Å². The molecule has 0 aliphatic heterocycles. The predicted octanol–water partition coefficient (Wildman–Crippen LogP) is 20.7. The van der Waals surface area contributed by atoms with Crippen LogP contribution in [0.25, 0.3) is 146 Å². The molecule has 4 aromatic heterocycles. The fourth-order valence-electron chi connectivity index (χ4n) is 12.3. The minimum absolute atomic E-state index is 0.0528. The quantitative estimate of drug-likeness (QED) is 0.0499. The Balaban J connectivity index is 0.000000157. The van der Waals surface area contributed by atoms with Crippen LogP contribution in [-0.4, -0.2) is 88.7 Å². The SMILES string of the molecule is O=S(=O)(Oc1ccc2ccccc2c1-c1ccc(-c2nc(-c3ccccc3)nc(-c3ccccc3)n2)cc1)C(F)(F)C(F)(F)C(F)(F)C(F)(F)F.OB(O)c1ccc(-c2ccccn2)cc1.c1ccc(-c2nc(-c3ccccc3)nc(-c3ccc(-c4c(-c5ccc(-c6ccccn6)cc5)ccc5ccccc45)cc3)n2)cc1. The van der Waals surface area contributed by atoms with Crippen LogP contribution in [0.1, 0.15) is 0 Å². The number of pyridine rings is 2. The number of hydrogen-bond acceptors (Lipinski definition) is 13. The number of alkyl halides is 9. The monoisotopic (exact) mass is 1520 g/mol. The number of rotatable bonds is 17. The standard InChI is InChI=1S/C42H28N4.C35H20F9N3O3S.C11H10BNO2/c1-3-12-33(13-4-1)40-44-41(34-14-5-2-6-15-34)46-42(45-40)35-24-22-32(23-25-35)39-36-16-8-7-11-29(36)26-27-37(39)30-18-20-31(21-19-30)38-17-9-10-28-43-38;36-32(37,34(40,41)42)33(38,39)35(43,44)51(48,49)50-27-20-19-21-9-7-8-14-26(21)28(27)22-15-17-25(18-16-22)31-46-29(23-10-3-1-4-11-23)45-30(47-31)24-12-5-2-6-13-24;14-12(15)10-6-4-9(5-7-10)11-3-1-2-8-13-11/h1-28H;1-20H;1-8,14-15H. The van der Waals surface area contributed by atoms with Crippen LogP contribution < -0.4 is 9.65 Å². The lowest BCUT2D eigenvalue weighted by Gasteiger charge is -2.32. The Kier molecular flexibility index (Phi) is 21.6. The summed E-state index contributed by atoms with van der Waals surface area (Å²) in [5, 5.41) is 13.7. The molecule has 0 saturated heterocycles. The number of benzene rings is 12. The molecular weight excluding hydrogens is 1460 g/mol. The van der Waals surface area contributed by atoms with E-state index in [0.29, 0.717) is 56.7 Å². The minimum Gasteiger partial charge on any atom is -0.423 e. The maximum absolute atomic E-state index is 14.6. The van der Waals surface area contributed by atoms with E-state index in [4.69, 9.17) is 25.0 Å². The molecule has 13 nitrogen and oxygen atoms in total. The second-order valence-electron chi connectivity index (χ2n) is 25.3. The Bertz CT molecular complexity index is 5970. The highest BCUT2D eigenvalue weighted by Gasteiger charge is 2.86. The highest BCUT2D eigenvalue weighted by atomic mass is 32.2. The van der Waals surface area contributed by atoms with Gasteiger partial charge in [-0.1, -0.05) is 297 Å². The van der Waals surface area contributed by atoms with E-state index in [1.165, 1.54) is 64.4 Å². The van der Waals surface area contributed by atoms with Crippen molar-refractivity contribution in [2.24, 2.45) is 0 Å². The summed E-state index contributed by atoms with van der Waals surface area (Å²) in [6.07, 6.45) is -3.67. The number of aromatic nitrogens is 8. The van der Waals surface area contributed by atoms with E-state index in [0.717, 1.165) is 62.5 Å². The van der Waals surface area contributed by atoms with E-state index in [-0.39, 0.29) is 22.3 Å². The van der Waals surface area contributed by atoms with Gasteiger partial charge in [0.25, 0.3) is 0 Å². The van der Waals surface area contributed by atoms with E-state index in [9.17, 15) is 47.9 Å². The van der Waals surface area contributed by atoms with E-state index >= 15 is 0 Å². The molecule has 16 rings (SSSR count). The van der Waals surface area contributed by atoms with E-state index in [1.807, 2.05) is 128 Å². The van der Waals surface area contributed by atoms with Gasteiger partial charge in [0, 0.05) is 62.5 Å². The van der Waals surface area contributed by atoms with Crippen molar-refractivity contribution in [3.05, 3.63) is 340 Å². The summed E-state index contributed by atoms with van der Waals surface area (Å²) >= 11 is 0. The normalized spacial score (nSPS) is 11.8. The summed E-state index contributed by atoms with van der Waals surface area (Å²) in [5.74, 6) is -13.2. The molecule has 0 spiro atoms. The molecule has 0 amide bonds. The molecular formula is C88H58BF9N8O5S. The van der Waals surface area contributed by atoms with Crippen LogP contribution in [0, 0.1) is 0 Å². The largest absolute Gasteiger partial charge is 0.488 e. The molecule has 0 fully saturated rings. The molecule has 0 bridgehead atoms. The smallest absolute Gasteiger partial charge is 0.423 e. The van der Waals surface area contributed by atoms with Gasteiger partial charge in [0.15, 0.2) is 40.7 Å². The third-order valence-corrected chi connectivity index (χ3v) is 19.3. The molecule has 552 valence electrons. The lowest BCUT2D eigenvalue weighted by atomic mass is 9.80. The zero-order valence-electron chi connectivity index (χ0n) is 58.4. The molecule has 0 atom stereocenters. The van der Waals surface area contributed by atoms with Gasteiger partial charge in [-0.3, -0.25) is 9.97 Å². The molecule has 0 unspecified atom stereocenters. The van der Waals surface area contributed by atoms with Crippen LogP contribution in [0.4, 0.5) is 39.5 Å². The van der Waals surface area contributed by atoms with Crippen molar-refractivity contribution >= 4 is 44.2 Å². The molecule has 0 radical (unpaired) electrons. The predicted molar refractivity (Wildman–Crippen MR) is 417 cm³/mol. The number of nitrogens with zero attached hydrogens (tertiary/aromatic N) is 8. The van der Waals surface area contributed by atoms with Crippen molar-refractivity contribution in [3.8, 4) is 130 Å². The Morgan fingerprint density at radius 1 is 0.295 bits per heavy atom. The first-order valence-corrected chi connectivity index (χ1v) is 36.0. The lowest BCUT2D eigenvalue weighted by molar-refractivity contribution is -0.382. The summed E-state index contributed by atoms with van der Waals surface area (Å²) in [6.45, 7) is 0. The lowest BCUT2D eigenvalue weighted by Crippen LogP contribution is -2.63. The molecule has 12 aromatic carbocycles. The van der Waals surface area contributed by atoms with Gasteiger partial charge in [-0.15, -0.1) is 0 Å². The highest BCUT2D eigenvalue weighted by Crippen LogP contribution is 2.56. The maximum Gasteiger partial charge on any atom is 0.488 e.